The van der Waals surface area contributed by atoms with Gasteiger partial charge in [0.25, 0.3) is 0 Å². The molecular formula is C16H14ClN5O. The highest BCUT2D eigenvalue weighted by Gasteiger charge is 2.06. The molecule has 0 bridgehead atoms. The minimum Gasteiger partial charge on any atom is -0.326 e. The molecular weight excluding hydrogens is 314 g/mol. The first-order chi connectivity index (χ1) is 11.2. The Bertz CT molecular complexity index is 804. The van der Waals surface area contributed by atoms with E-state index >= 15 is 0 Å². The number of aryl methyl sites for hydroxylation is 1. The molecule has 0 aliphatic rings. The fourth-order valence-corrected chi connectivity index (χ4v) is 2.41. The van der Waals surface area contributed by atoms with E-state index in [9.17, 15) is 4.79 Å². The highest BCUT2D eigenvalue weighted by atomic mass is 35.5. The van der Waals surface area contributed by atoms with Crippen LogP contribution < -0.4 is 5.32 Å². The maximum Gasteiger partial charge on any atom is 0.224 e. The molecule has 0 atom stereocenters. The molecule has 0 saturated heterocycles. The molecule has 0 saturated carbocycles. The Morgan fingerprint density at radius 3 is 2.83 bits per heavy atom. The van der Waals surface area contributed by atoms with Crippen molar-refractivity contribution in [2.75, 3.05) is 5.32 Å². The predicted octanol–water partition coefficient (Wildman–Crippen LogP) is 2.89. The molecule has 0 aliphatic carbocycles. The van der Waals surface area contributed by atoms with E-state index in [1.165, 1.54) is 11.0 Å². The summed E-state index contributed by atoms with van der Waals surface area (Å²) < 4.78 is 1.53. The summed E-state index contributed by atoms with van der Waals surface area (Å²) in [5, 5.41) is 14.6. The summed E-state index contributed by atoms with van der Waals surface area (Å²) >= 11 is 6.09. The van der Waals surface area contributed by atoms with Crippen molar-refractivity contribution in [3.63, 3.8) is 0 Å². The van der Waals surface area contributed by atoms with Gasteiger partial charge < -0.3 is 5.32 Å². The Hall–Kier alpha value is -2.73. The summed E-state index contributed by atoms with van der Waals surface area (Å²) in [7, 11) is 0. The standard InChI is InChI=1S/C16H14ClN5O/c17-15-7-2-1-4-12(15)8-9-16(23)19-13-5-3-6-14(10-13)22-11-18-20-21-22/h1-7,10-11H,8-9H2,(H,19,23). The van der Waals surface area contributed by atoms with E-state index in [1.807, 2.05) is 48.5 Å². The van der Waals surface area contributed by atoms with Crippen LogP contribution in [0.4, 0.5) is 5.69 Å². The molecule has 1 heterocycles. The molecule has 1 N–H and O–H groups in total. The van der Waals surface area contributed by atoms with Gasteiger partial charge in [0.15, 0.2) is 0 Å². The fraction of sp³-hybridized carbons (Fsp3) is 0.125. The van der Waals surface area contributed by atoms with Gasteiger partial charge in [-0.1, -0.05) is 35.9 Å². The van der Waals surface area contributed by atoms with Gasteiger partial charge in [0.05, 0.1) is 5.69 Å². The number of halogens is 1. The van der Waals surface area contributed by atoms with Crippen LogP contribution in [0.25, 0.3) is 5.69 Å². The van der Waals surface area contributed by atoms with Crippen LogP contribution in [0.3, 0.4) is 0 Å². The van der Waals surface area contributed by atoms with Crippen molar-refractivity contribution in [1.82, 2.24) is 20.2 Å². The molecule has 2 aromatic carbocycles. The Morgan fingerprint density at radius 1 is 1.17 bits per heavy atom. The highest BCUT2D eigenvalue weighted by molar-refractivity contribution is 6.31. The molecule has 0 spiro atoms. The van der Waals surface area contributed by atoms with Gasteiger partial charge in [-0.25, -0.2) is 4.68 Å². The number of nitrogens with one attached hydrogen (secondary N) is 1. The number of nitrogens with zero attached hydrogens (tertiary/aromatic N) is 4. The first-order valence-corrected chi connectivity index (χ1v) is 7.47. The zero-order valence-corrected chi connectivity index (χ0v) is 12.9. The summed E-state index contributed by atoms with van der Waals surface area (Å²) in [4.78, 5) is 12.1. The molecule has 0 radical (unpaired) electrons. The largest absolute Gasteiger partial charge is 0.326 e. The minimum absolute atomic E-state index is 0.0706. The molecule has 0 unspecified atom stereocenters. The third kappa shape index (κ3) is 3.92. The van der Waals surface area contributed by atoms with E-state index in [0.29, 0.717) is 23.6 Å². The third-order valence-corrected chi connectivity index (χ3v) is 3.69. The van der Waals surface area contributed by atoms with Crippen LogP contribution in [0.1, 0.15) is 12.0 Å². The van der Waals surface area contributed by atoms with Gasteiger partial charge in [-0.05, 0) is 46.7 Å². The van der Waals surface area contributed by atoms with E-state index in [-0.39, 0.29) is 5.91 Å². The van der Waals surface area contributed by atoms with Gasteiger partial charge in [-0.2, -0.15) is 0 Å². The van der Waals surface area contributed by atoms with Gasteiger partial charge in [0.1, 0.15) is 6.33 Å². The summed E-state index contributed by atoms with van der Waals surface area (Å²) in [6.45, 7) is 0. The first kappa shape index (κ1) is 15.2. The van der Waals surface area contributed by atoms with Crippen LogP contribution in [0.5, 0.6) is 0 Å². The molecule has 0 aliphatic heterocycles. The summed E-state index contributed by atoms with van der Waals surface area (Å²) in [6, 6.07) is 14.9. The lowest BCUT2D eigenvalue weighted by Crippen LogP contribution is -2.12. The van der Waals surface area contributed by atoms with Crippen LogP contribution in [0, 0.1) is 0 Å². The van der Waals surface area contributed by atoms with Crippen LogP contribution in [-0.4, -0.2) is 26.1 Å². The summed E-state index contributed by atoms with van der Waals surface area (Å²) in [5.74, 6) is -0.0706. The van der Waals surface area contributed by atoms with Crippen molar-refractivity contribution < 1.29 is 4.79 Å². The molecule has 6 nitrogen and oxygen atoms in total. The average Bonchev–Trinajstić information content (AvgIpc) is 3.09. The van der Waals surface area contributed by atoms with E-state index in [0.717, 1.165) is 11.3 Å². The zero-order valence-electron chi connectivity index (χ0n) is 12.2. The molecule has 116 valence electrons. The van der Waals surface area contributed by atoms with Crippen molar-refractivity contribution in [3.05, 3.63) is 65.4 Å². The number of carbonyl (C=O) groups excluding carboxylic acids is 1. The van der Waals surface area contributed by atoms with E-state index in [4.69, 9.17) is 11.6 Å². The van der Waals surface area contributed by atoms with E-state index in [1.54, 1.807) is 0 Å². The van der Waals surface area contributed by atoms with Crippen LogP contribution in [0.15, 0.2) is 54.9 Å². The second-order valence-electron chi connectivity index (χ2n) is 4.94. The topological polar surface area (TPSA) is 72.7 Å². The number of hydrogen-bond donors (Lipinski definition) is 1. The number of carbonyl (C=O) groups is 1. The number of benzene rings is 2. The Kier molecular flexibility index (Phi) is 4.63. The third-order valence-electron chi connectivity index (χ3n) is 3.32. The van der Waals surface area contributed by atoms with Gasteiger partial charge in [0, 0.05) is 17.1 Å². The molecule has 3 rings (SSSR count). The monoisotopic (exact) mass is 327 g/mol. The molecule has 1 amide bonds. The van der Waals surface area contributed by atoms with Gasteiger partial charge in [0.2, 0.25) is 5.91 Å². The lowest BCUT2D eigenvalue weighted by molar-refractivity contribution is -0.116. The average molecular weight is 328 g/mol. The molecule has 7 heteroatoms. The zero-order chi connectivity index (χ0) is 16.1. The predicted molar refractivity (Wildman–Crippen MR) is 87.6 cm³/mol. The molecule has 1 aromatic heterocycles. The second-order valence-corrected chi connectivity index (χ2v) is 5.35. The van der Waals surface area contributed by atoms with Crippen LogP contribution in [-0.2, 0) is 11.2 Å². The Labute approximate surface area is 138 Å². The number of anilines is 1. The van der Waals surface area contributed by atoms with Gasteiger partial charge in [-0.3, -0.25) is 4.79 Å². The van der Waals surface area contributed by atoms with Crippen molar-refractivity contribution >= 4 is 23.2 Å². The Morgan fingerprint density at radius 2 is 2.04 bits per heavy atom. The number of hydrogen-bond acceptors (Lipinski definition) is 4. The maximum absolute atomic E-state index is 12.1. The number of aromatic nitrogens is 4. The second kappa shape index (κ2) is 7.02. The SMILES string of the molecule is O=C(CCc1ccccc1Cl)Nc1cccc(-n2cnnn2)c1. The van der Waals surface area contributed by atoms with E-state index < -0.39 is 0 Å². The first-order valence-electron chi connectivity index (χ1n) is 7.09. The van der Waals surface area contributed by atoms with Crippen LogP contribution in [0.2, 0.25) is 5.02 Å². The lowest BCUT2D eigenvalue weighted by Gasteiger charge is -2.08. The van der Waals surface area contributed by atoms with Crippen molar-refractivity contribution in [2.45, 2.75) is 12.8 Å². The van der Waals surface area contributed by atoms with Crippen LogP contribution >= 0.6 is 11.6 Å². The van der Waals surface area contributed by atoms with E-state index in [2.05, 4.69) is 20.8 Å². The minimum atomic E-state index is -0.0706. The fourth-order valence-electron chi connectivity index (χ4n) is 2.18. The normalized spacial score (nSPS) is 10.5. The number of rotatable bonds is 5. The van der Waals surface area contributed by atoms with Crippen molar-refractivity contribution in [1.29, 1.82) is 0 Å². The lowest BCUT2D eigenvalue weighted by atomic mass is 10.1. The number of amides is 1. The molecule has 3 aromatic rings. The van der Waals surface area contributed by atoms with Crippen molar-refractivity contribution in [2.24, 2.45) is 0 Å². The molecule has 23 heavy (non-hydrogen) atoms. The maximum atomic E-state index is 12.1. The smallest absolute Gasteiger partial charge is 0.224 e. The summed E-state index contributed by atoms with van der Waals surface area (Å²) in [5.41, 5.74) is 2.44. The van der Waals surface area contributed by atoms with Gasteiger partial charge in [-0.15, -0.1) is 5.10 Å². The summed E-state index contributed by atoms with van der Waals surface area (Å²) in [6.07, 6.45) is 2.45. The van der Waals surface area contributed by atoms with Crippen molar-refractivity contribution in [3.8, 4) is 5.69 Å². The molecule has 0 fully saturated rings. The highest BCUT2D eigenvalue weighted by Crippen LogP contribution is 2.17. The number of tetrazole rings is 1. The van der Waals surface area contributed by atoms with Gasteiger partial charge >= 0.3 is 0 Å². The quantitative estimate of drug-likeness (QED) is 0.782. The Balaban J connectivity index is 1.62.